The van der Waals surface area contributed by atoms with E-state index in [-0.39, 0.29) is 23.8 Å². The highest BCUT2D eigenvalue weighted by Crippen LogP contribution is 2.44. The summed E-state index contributed by atoms with van der Waals surface area (Å²) in [6.07, 6.45) is 7.37. The molecule has 0 aromatic heterocycles. The van der Waals surface area contributed by atoms with E-state index in [4.69, 9.17) is 14.5 Å². The molecule has 1 aromatic carbocycles. The van der Waals surface area contributed by atoms with Gasteiger partial charge >= 0.3 is 5.97 Å². The molecule has 0 saturated heterocycles. The van der Waals surface area contributed by atoms with Crippen LogP contribution in [0.3, 0.4) is 0 Å². The minimum Gasteiger partial charge on any atom is -0.497 e. The van der Waals surface area contributed by atoms with Gasteiger partial charge in [-0.3, -0.25) is 14.6 Å². The van der Waals surface area contributed by atoms with Crippen molar-refractivity contribution in [3.05, 3.63) is 41.1 Å². The smallest absolute Gasteiger partial charge is 0.315 e. The van der Waals surface area contributed by atoms with Crippen LogP contribution in [0.25, 0.3) is 0 Å². The monoisotopic (exact) mass is 395 g/mol. The molecule has 1 fully saturated rings. The average Bonchev–Trinajstić information content (AvgIpc) is 2.73. The van der Waals surface area contributed by atoms with Crippen molar-refractivity contribution in [2.45, 2.75) is 70.3 Å². The highest BCUT2D eigenvalue weighted by Gasteiger charge is 2.43. The molecule has 1 aliphatic heterocycles. The first kappa shape index (κ1) is 19.9. The molecular weight excluding hydrogens is 366 g/mol. The van der Waals surface area contributed by atoms with Gasteiger partial charge in [0.05, 0.1) is 7.11 Å². The number of carbonyl (C=O) groups is 2. The van der Waals surface area contributed by atoms with Gasteiger partial charge in [-0.1, -0.05) is 18.6 Å². The molecule has 3 aliphatic rings. The fraction of sp³-hybridized carbons (Fsp3) is 0.542. The van der Waals surface area contributed by atoms with Gasteiger partial charge in [0.2, 0.25) is 0 Å². The molecule has 2 atom stereocenters. The Morgan fingerprint density at radius 2 is 1.76 bits per heavy atom. The lowest BCUT2D eigenvalue weighted by Crippen LogP contribution is -2.38. The summed E-state index contributed by atoms with van der Waals surface area (Å²) in [5.74, 6) is -0.272. The summed E-state index contributed by atoms with van der Waals surface area (Å²) in [5.41, 5.74) is 3.24. The zero-order valence-electron chi connectivity index (χ0n) is 17.3. The van der Waals surface area contributed by atoms with Crippen LogP contribution in [0.4, 0.5) is 0 Å². The quantitative estimate of drug-likeness (QED) is 0.690. The van der Waals surface area contributed by atoms with E-state index in [0.717, 1.165) is 61.2 Å². The molecule has 0 amide bonds. The van der Waals surface area contributed by atoms with Crippen molar-refractivity contribution >= 4 is 17.5 Å². The van der Waals surface area contributed by atoms with Crippen molar-refractivity contribution < 1.29 is 19.1 Å². The largest absolute Gasteiger partial charge is 0.497 e. The minimum absolute atomic E-state index is 0.0157. The summed E-state index contributed by atoms with van der Waals surface area (Å²) in [4.78, 5) is 30.9. The van der Waals surface area contributed by atoms with Crippen LogP contribution in [0.15, 0.2) is 40.5 Å². The molecule has 1 aromatic rings. The van der Waals surface area contributed by atoms with E-state index >= 15 is 0 Å². The highest BCUT2D eigenvalue weighted by molar-refractivity contribution is 6.08. The van der Waals surface area contributed by atoms with E-state index in [1.54, 1.807) is 7.11 Å². The summed E-state index contributed by atoms with van der Waals surface area (Å²) in [6, 6.07) is 7.67. The summed E-state index contributed by atoms with van der Waals surface area (Å²) < 4.78 is 11.2. The molecule has 4 rings (SSSR count). The lowest BCUT2D eigenvalue weighted by molar-refractivity contribution is -0.153. The predicted molar refractivity (Wildman–Crippen MR) is 111 cm³/mol. The maximum atomic E-state index is 13.3. The molecule has 0 bridgehead atoms. The van der Waals surface area contributed by atoms with Crippen LogP contribution in [0.2, 0.25) is 0 Å². The van der Waals surface area contributed by atoms with Gasteiger partial charge in [-0.25, -0.2) is 0 Å². The molecule has 1 unspecified atom stereocenters. The maximum Gasteiger partial charge on any atom is 0.315 e. The SMILES string of the molecule is COc1ccc([C@@H]2C3=C(CCCC3=O)N=C(C)C2C(=O)OC2CCCCC2)cc1. The Morgan fingerprint density at radius 1 is 1.03 bits per heavy atom. The van der Waals surface area contributed by atoms with E-state index in [0.29, 0.717) is 12.0 Å². The molecule has 29 heavy (non-hydrogen) atoms. The van der Waals surface area contributed by atoms with E-state index in [9.17, 15) is 9.59 Å². The van der Waals surface area contributed by atoms with Crippen molar-refractivity contribution in [3.8, 4) is 5.75 Å². The van der Waals surface area contributed by atoms with Crippen molar-refractivity contribution in [1.29, 1.82) is 0 Å². The lowest BCUT2D eigenvalue weighted by atomic mass is 9.71. The van der Waals surface area contributed by atoms with Crippen LogP contribution in [-0.2, 0) is 14.3 Å². The molecule has 154 valence electrons. The highest BCUT2D eigenvalue weighted by atomic mass is 16.5. The summed E-state index contributed by atoms with van der Waals surface area (Å²) in [5, 5.41) is 0. The lowest BCUT2D eigenvalue weighted by Gasteiger charge is -2.35. The number of methoxy groups -OCH3 is 1. The summed E-state index contributed by atoms with van der Waals surface area (Å²) >= 11 is 0. The fourth-order valence-electron chi connectivity index (χ4n) is 4.90. The Kier molecular flexibility index (Phi) is 5.84. The third kappa shape index (κ3) is 4.00. The molecule has 1 saturated carbocycles. The molecule has 0 radical (unpaired) electrons. The molecule has 5 heteroatoms. The number of aliphatic imine (C=N–C) groups is 1. The number of ether oxygens (including phenoxy) is 2. The van der Waals surface area contributed by atoms with Crippen LogP contribution in [-0.4, -0.2) is 30.7 Å². The topological polar surface area (TPSA) is 65.0 Å². The summed E-state index contributed by atoms with van der Waals surface area (Å²) in [6.45, 7) is 1.90. The zero-order valence-corrected chi connectivity index (χ0v) is 17.3. The first-order valence-electron chi connectivity index (χ1n) is 10.7. The number of carbonyl (C=O) groups excluding carboxylic acids is 2. The molecule has 5 nitrogen and oxygen atoms in total. The normalized spacial score (nSPS) is 25.3. The van der Waals surface area contributed by atoms with Crippen LogP contribution >= 0.6 is 0 Å². The third-order valence-corrected chi connectivity index (χ3v) is 6.40. The van der Waals surface area contributed by atoms with E-state index in [1.165, 1.54) is 6.42 Å². The van der Waals surface area contributed by atoms with Gasteiger partial charge in [-0.15, -0.1) is 0 Å². The Labute approximate surface area is 172 Å². The zero-order chi connectivity index (χ0) is 20.4. The molecule has 0 spiro atoms. The Morgan fingerprint density at radius 3 is 2.45 bits per heavy atom. The Hall–Kier alpha value is -2.43. The number of hydrogen-bond acceptors (Lipinski definition) is 5. The van der Waals surface area contributed by atoms with Crippen molar-refractivity contribution in [2.24, 2.45) is 10.9 Å². The maximum absolute atomic E-state index is 13.3. The van der Waals surface area contributed by atoms with E-state index < -0.39 is 5.92 Å². The molecular formula is C24H29NO4. The van der Waals surface area contributed by atoms with Gasteiger partial charge in [-0.2, -0.15) is 0 Å². The Balaban J connectivity index is 1.71. The molecule has 0 N–H and O–H groups in total. The predicted octanol–water partition coefficient (Wildman–Crippen LogP) is 4.75. The number of ketones is 1. The van der Waals surface area contributed by atoms with Crippen molar-refractivity contribution in [1.82, 2.24) is 0 Å². The van der Waals surface area contributed by atoms with Crippen molar-refractivity contribution in [3.63, 3.8) is 0 Å². The van der Waals surface area contributed by atoms with Crippen LogP contribution in [0.5, 0.6) is 5.75 Å². The Bertz CT molecular complexity index is 846. The molecule has 2 aliphatic carbocycles. The number of hydrogen-bond donors (Lipinski definition) is 0. The number of rotatable bonds is 4. The van der Waals surface area contributed by atoms with Gasteiger partial charge in [0, 0.05) is 29.3 Å². The number of Topliss-reactive ketones (excluding diaryl/α,β-unsaturated/α-hetero) is 1. The number of allylic oxidation sites excluding steroid dienone is 2. The first-order valence-corrected chi connectivity index (χ1v) is 10.7. The van der Waals surface area contributed by atoms with Gasteiger partial charge in [0.1, 0.15) is 17.8 Å². The second kappa shape index (κ2) is 8.52. The second-order valence-corrected chi connectivity index (χ2v) is 8.32. The van der Waals surface area contributed by atoms with E-state index in [1.807, 2.05) is 31.2 Å². The third-order valence-electron chi connectivity index (χ3n) is 6.40. The van der Waals surface area contributed by atoms with Gasteiger partial charge in [-0.05, 0) is 63.1 Å². The first-order chi connectivity index (χ1) is 14.1. The van der Waals surface area contributed by atoms with Crippen LogP contribution < -0.4 is 4.74 Å². The minimum atomic E-state index is -0.550. The number of esters is 1. The van der Waals surface area contributed by atoms with Crippen LogP contribution in [0, 0.1) is 5.92 Å². The summed E-state index contributed by atoms with van der Waals surface area (Å²) in [7, 11) is 1.63. The van der Waals surface area contributed by atoms with Crippen molar-refractivity contribution in [2.75, 3.05) is 7.11 Å². The number of benzene rings is 1. The van der Waals surface area contributed by atoms with Gasteiger partial charge in [0.15, 0.2) is 5.78 Å². The average molecular weight is 395 g/mol. The fourth-order valence-corrected chi connectivity index (χ4v) is 4.90. The molecule has 1 heterocycles. The van der Waals surface area contributed by atoms with E-state index in [2.05, 4.69) is 0 Å². The van der Waals surface area contributed by atoms with Gasteiger partial charge in [0.25, 0.3) is 0 Å². The van der Waals surface area contributed by atoms with Crippen LogP contribution in [0.1, 0.15) is 69.8 Å². The van der Waals surface area contributed by atoms with Gasteiger partial charge < -0.3 is 9.47 Å². The number of nitrogens with zero attached hydrogens (tertiary/aromatic N) is 1. The standard InChI is InChI=1S/C24H29NO4/c1-15-21(24(27)29-18-7-4-3-5-8-18)22(16-11-13-17(28-2)14-12-16)23-19(25-15)9-6-10-20(23)26/h11-14,18,21-22H,3-10H2,1-2H3/t21?,22-/m0/s1. The second-order valence-electron chi connectivity index (χ2n) is 8.32.